The summed E-state index contributed by atoms with van der Waals surface area (Å²) in [6.07, 6.45) is 0. The molecule has 0 aliphatic rings. The minimum absolute atomic E-state index is 0.0417. The van der Waals surface area contributed by atoms with Gasteiger partial charge in [-0.1, -0.05) is 0 Å². The van der Waals surface area contributed by atoms with Crippen molar-refractivity contribution in [2.45, 2.75) is 0 Å². The van der Waals surface area contributed by atoms with Crippen LogP contribution in [-0.4, -0.2) is 7.11 Å². The molecule has 12 heavy (non-hydrogen) atoms. The second-order valence-corrected chi connectivity index (χ2v) is 2.15. The van der Waals surface area contributed by atoms with E-state index < -0.39 is 5.82 Å². The van der Waals surface area contributed by atoms with Gasteiger partial charge in [0.1, 0.15) is 23.2 Å². The Morgan fingerprint density at radius 2 is 2.25 bits per heavy atom. The molecule has 0 aromatic heterocycles. The number of hydrogen-bond donors (Lipinski definition) is 1. The molecule has 0 amide bonds. The predicted octanol–water partition coefficient (Wildman–Crippen LogP) is 1.29. The Morgan fingerprint density at radius 1 is 1.58 bits per heavy atom. The van der Waals surface area contributed by atoms with Crippen LogP contribution in [0.4, 0.5) is 10.1 Å². The SMILES string of the molecule is COc1ccc(F)c(C#N)c1N. The molecular formula is C8H7FN2O. The number of hydrogen-bond acceptors (Lipinski definition) is 3. The maximum atomic E-state index is 12.8. The lowest BCUT2D eigenvalue weighted by molar-refractivity contribution is 0.416. The molecule has 4 heteroatoms. The number of halogens is 1. The van der Waals surface area contributed by atoms with Crippen molar-refractivity contribution in [2.75, 3.05) is 12.8 Å². The van der Waals surface area contributed by atoms with Crippen LogP contribution in [0.1, 0.15) is 5.56 Å². The first-order valence-electron chi connectivity index (χ1n) is 3.22. The zero-order chi connectivity index (χ0) is 9.14. The van der Waals surface area contributed by atoms with Gasteiger partial charge in [-0.2, -0.15) is 5.26 Å². The zero-order valence-corrected chi connectivity index (χ0v) is 6.47. The van der Waals surface area contributed by atoms with Crippen LogP contribution in [0.15, 0.2) is 12.1 Å². The monoisotopic (exact) mass is 166 g/mol. The van der Waals surface area contributed by atoms with Gasteiger partial charge in [0.05, 0.1) is 12.8 Å². The Kier molecular flexibility index (Phi) is 2.15. The van der Waals surface area contributed by atoms with Crippen molar-refractivity contribution >= 4 is 5.69 Å². The van der Waals surface area contributed by atoms with Gasteiger partial charge >= 0.3 is 0 Å². The number of nitrogens with zero attached hydrogens (tertiary/aromatic N) is 1. The molecule has 0 saturated carbocycles. The first-order chi connectivity index (χ1) is 5.70. The predicted molar refractivity (Wildman–Crippen MR) is 42.1 cm³/mol. The number of nitrogen functional groups attached to an aromatic ring is 1. The maximum Gasteiger partial charge on any atom is 0.143 e. The first kappa shape index (κ1) is 8.34. The summed E-state index contributed by atoms with van der Waals surface area (Å²) >= 11 is 0. The van der Waals surface area contributed by atoms with Gasteiger partial charge in [-0.15, -0.1) is 0 Å². The number of benzene rings is 1. The summed E-state index contributed by atoms with van der Waals surface area (Å²) in [5.74, 6) is -0.316. The molecule has 0 saturated heterocycles. The molecule has 0 fully saturated rings. The molecule has 0 aliphatic heterocycles. The average Bonchev–Trinajstić information content (AvgIpc) is 2.06. The smallest absolute Gasteiger partial charge is 0.143 e. The highest BCUT2D eigenvalue weighted by atomic mass is 19.1. The molecule has 0 unspecified atom stereocenters. The van der Waals surface area contributed by atoms with Crippen LogP contribution in [-0.2, 0) is 0 Å². The lowest BCUT2D eigenvalue weighted by Crippen LogP contribution is -1.97. The lowest BCUT2D eigenvalue weighted by Gasteiger charge is -2.05. The van der Waals surface area contributed by atoms with Gasteiger partial charge in [0.25, 0.3) is 0 Å². The van der Waals surface area contributed by atoms with E-state index in [0.29, 0.717) is 5.75 Å². The van der Waals surface area contributed by atoms with Crippen molar-refractivity contribution in [3.8, 4) is 11.8 Å². The van der Waals surface area contributed by atoms with Gasteiger partial charge in [0, 0.05) is 0 Å². The van der Waals surface area contributed by atoms with Gasteiger partial charge in [-0.3, -0.25) is 0 Å². The van der Waals surface area contributed by atoms with Gasteiger partial charge in [0.2, 0.25) is 0 Å². The van der Waals surface area contributed by atoms with E-state index in [2.05, 4.69) is 0 Å². The standard InChI is InChI=1S/C8H7FN2O/c1-12-7-3-2-6(9)5(4-10)8(7)11/h2-3H,11H2,1H3. The molecule has 0 aliphatic carbocycles. The van der Waals surface area contributed by atoms with Gasteiger partial charge in [-0.25, -0.2) is 4.39 Å². The molecular weight excluding hydrogens is 159 g/mol. The van der Waals surface area contributed by atoms with Crippen molar-refractivity contribution in [2.24, 2.45) is 0 Å². The van der Waals surface area contributed by atoms with Crippen molar-refractivity contribution in [3.05, 3.63) is 23.5 Å². The molecule has 0 spiro atoms. The fraction of sp³-hybridized carbons (Fsp3) is 0.125. The van der Waals surface area contributed by atoms with Crippen molar-refractivity contribution < 1.29 is 9.13 Å². The quantitative estimate of drug-likeness (QED) is 0.639. The topological polar surface area (TPSA) is 59.0 Å². The molecule has 1 aromatic carbocycles. The molecule has 1 aromatic rings. The summed E-state index contributed by atoms with van der Waals surface area (Å²) in [4.78, 5) is 0. The highest BCUT2D eigenvalue weighted by Crippen LogP contribution is 2.26. The van der Waals surface area contributed by atoms with E-state index in [-0.39, 0.29) is 11.3 Å². The number of ether oxygens (including phenoxy) is 1. The second-order valence-electron chi connectivity index (χ2n) is 2.15. The van der Waals surface area contributed by atoms with Crippen LogP contribution in [0.5, 0.6) is 5.75 Å². The van der Waals surface area contributed by atoms with E-state index in [1.807, 2.05) is 0 Å². The minimum atomic E-state index is -0.629. The molecule has 1 rings (SSSR count). The Balaban J connectivity index is 3.36. The van der Waals surface area contributed by atoms with Crippen LogP contribution in [0.3, 0.4) is 0 Å². The zero-order valence-electron chi connectivity index (χ0n) is 6.47. The Hall–Kier alpha value is -1.76. The van der Waals surface area contributed by atoms with Crippen molar-refractivity contribution in [1.82, 2.24) is 0 Å². The molecule has 0 radical (unpaired) electrons. The number of methoxy groups -OCH3 is 1. The minimum Gasteiger partial charge on any atom is -0.495 e. The van der Waals surface area contributed by atoms with Crippen molar-refractivity contribution in [1.29, 1.82) is 5.26 Å². The number of rotatable bonds is 1. The lowest BCUT2D eigenvalue weighted by atomic mass is 10.2. The van der Waals surface area contributed by atoms with E-state index in [1.54, 1.807) is 6.07 Å². The summed E-state index contributed by atoms with van der Waals surface area (Å²) < 4.78 is 17.6. The van der Waals surface area contributed by atoms with E-state index in [4.69, 9.17) is 15.7 Å². The molecule has 62 valence electrons. The molecule has 0 bridgehead atoms. The van der Waals surface area contributed by atoms with Crippen LogP contribution in [0.2, 0.25) is 0 Å². The fourth-order valence-corrected chi connectivity index (χ4v) is 0.865. The molecule has 3 nitrogen and oxygen atoms in total. The van der Waals surface area contributed by atoms with Crippen molar-refractivity contribution in [3.63, 3.8) is 0 Å². The normalized spacial score (nSPS) is 9.08. The van der Waals surface area contributed by atoms with Gasteiger partial charge in [0.15, 0.2) is 0 Å². The maximum absolute atomic E-state index is 12.8. The summed E-state index contributed by atoms with van der Waals surface area (Å²) in [6.45, 7) is 0. The third-order valence-electron chi connectivity index (χ3n) is 1.49. The van der Waals surface area contributed by atoms with Crippen LogP contribution < -0.4 is 10.5 Å². The second kappa shape index (κ2) is 3.09. The summed E-state index contributed by atoms with van der Waals surface area (Å²) in [5.41, 5.74) is 5.29. The first-order valence-corrected chi connectivity index (χ1v) is 3.22. The Bertz CT molecular complexity index is 344. The van der Waals surface area contributed by atoms with Gasteiger partial charge < -0.3 is 10.5 Å². The van der Waals surface area contributed by atoms with Gasteiger partial charge in [-0.05, 0) is 12.1 Å². The third-order valence-corrected chi connectivity index (χ3v) is 1.49. The molecule has 2 N–H and O–H groups in total. The highest BCUT2D eigenvalue weighted by Gasteiger charge is 2.09. The number of nitrogens with two attached hydrogens (primary N) is 1. The van der Waals surface area contributed by atoms with Crippen LogP contribution in [0.25, 0.3) is 0 Å². The fourth-order valence-electron chi connectivity index (χ4n) is 0.865. The number of anilines is 1. The van der Waals surface area contributed by atoms with E-state index in [1.165, 1.54) is 13.2 Å². The van der Waals surface area contributed by atoms with Crippen LogP contribution in [0, 0.1) is 17.1 Å². The Labute approximate surface area is 69.2 Å². The summed E-state index contributed by atoms with van der Waals surface area (Å²) in [7, 11) is 1.41. The van der Waals surface area contributed by atoms with Crippen LogP contribution >= 0.6 is 0 Å². The third kappa shape index (κ3) is 1.17. The molecule has 0 heterocycles. The van der Waals surface area contributed by atoms with E-state index in [9.17, 15) is 4.39 Å². The molecule has 0 atom stereocenters. The summed E-state index contributed by atoms with van der Waals surface area (Å²) in [6, 6.07) is 4.19. The number of nitriles is 1. The van der Waals surface area contributed by atoms with E-state index in [0.717, 1.165) is 6.07 Å². The van der Waals surface area contributed by atoms with E-state index >= 15 is 0 Å². The summed E-state index contributed by atoms with van der Waals surface area (Å²) in [5, 5.41) is 8.49. The average molecular weight is 166 g/mol. The Morgan fingerprint density at radius 3 is 2.75 bits per heavy atom. The largest absolute Gasteiger partial charge is 0.495 e. The highest BCUT2D eigenvalue weighted by molar-refractivity contribution is 5.63.